The van der Waals surface area contributed by atoms with Crippen molar-refractivity contribution >= 4 is 0 Å². The second kappa shape index (κ2) is 2.00. The maximum absolute atomic E-state index is 11.6. The summed E-state index contributed by atoms with van der Waals surface area (Å²) < 4.78 is 23.5. The van der Waals surface area contributed by atoms with Crippen LogP contribution in [0, 0.1) is 0 Å². The van der Waals surface area contributed by atoms with Crippen molar-refractivity contribution in [1.82, 2.24) is 9.78 Å². The van der Waals surface area contributed by atoms with Gasteiger partial charge in [-0.2, -0.15) is 8.78 Å². The van der Waals surface area contributed by atoms with Crippen molar-refractivity contribution in [2.45, 2.75) is 6.55 Å². The number of hydrogen-bond acceptors (Lipinski definition) is 2. The van der Waals surface area contributed by atoms with Crippen LogP contribution in [0.3, 0.4) is 0 Å². The zero-order chi connectivity index (χ0) is 6.85. The van der Waals surface area contributed by atoms with Gasteiger partial charge in [-0.25, -0.2) is 4.68 Å². The minimum absolute atomic E-state index is 0.370. The maximum Gasteiger partial charge on any atom is 0.333 e. The highest BCUT2D eigenvalue weighted by atomic mass is 19.3. The summed E-state index contributed by atoms with van der Waals surface area (Å²) in [6, 6.07) is 1.09. The van der Waals surface area contributed by atoms with Crippen molar-refractivity contribution in [3.63, 3.8) is 0 Å². The normalized spacial score (nSPS) is 10.6. The van der Waals surface area contributed by atoms with Gasteiger partial charge < -0.3 is 5.11 Å². The van der Waals surface area contributed by atoms with Crippen molar-refractivity contribution < 1.29 is 13.9 Å². The summed E-state index contributed by atoms with van der Waals surface area (Å²) in [7, 11) is 0. The van der Waals surface area contributed by atoms with Crippen molar-refractivity contribution in [2.24, 2.45) is 0 Å². The van der Waals surface area contributed by atoms with E-state index in [2.05, 4.69) is 5.10 Å². The number of rotatable bonds is 1. The highest BCUT2D eigenvalue weighted by molar-refractivity contribution is 5.02. The molecule has 0 atom stereocenters. The minimum atomic E-state index is -2.68. The monoisotopic (exact) mass is 134 g/mol. The van der Waals surface area contributed by atoms with Gasteiger partial charge in [0.1, 0.15) is 0 Å². The van der Waals surface area contributed by atoms with E-state index in [1.807, 2.05) is 0 Å². The van der Waals surface area contributed by atoms with Crippen LogP contribution < -0.4 is 0 Å². The van der Waals surface area contributed by atoms with Crippen molar-refractivity contribution in [1.29, 1.82) is 0 Å². The van der Waals surface area contributed by atoms with E-state index in [4.69, 9.17) is 5.11 Å². The molecule has 0 aliphatic carbocycles. The molecule has 1 aromatic heterocycles. The summed E-state index contributed by atoms with van der Waals surface area (Å²) in [5.41, 5.74) is 0. The van der Waals surface area contributed by atoms with Gasteiger partial charge >= 0.3 is 6.55 Å². The molecule has 0 bridgehead atoms. The Kier molecular flexibility index (Phi) is 1.33. The number of aromatic nitrogens is 2. The average molecular weight is 134 g/mol. The summed E-state index contributed by atoms with van der Waals surface area (Å²) in [4.78, 5) is 0. The summed E-state index contributed by atoms with van der Waals surface area (Å²) >= 11 is 0. The van der Waals surface area contributed by atoms with Crippen LogP contribution in [0.5, 0.6) is 5.88 Å². The lowest BCUT2D eigenvalue weighted by Crippen LogP contribution is -1.96. The van der Waals surface area contributed by atoms with Gasteiger partial charge in [0.15, 0.2) is 0 Å². The number of nitrogens with zero attached hydrogens (tertiary/aromatic N) is 2. The van der Waals surface area contributed by atoms with Gasteiger partial charge in [0.2, 0.25) is 5.88 Å². The van der Waals surface area contributed by atoms with E-state index >= 15 is 0 Å². The minimum Gasteiger partial charge on any atom is -0.492 e. The topological polar surface area (TPSA) is 38.0 Å². The predicted molar refractivity (Wildman–Crippen MR) is 25.1 cm³/mol. The second-order valence-electron chi connectivity index (χ2n) is 1.43. The Morgan fingerprint density at radius 2 is 2.33 bits per heavy atom. The highest BCUT2D eigenvalue weighted by Crippen LogP contribution is 2.10. The van der Waals surface area contributed by atoms with E-state index in [0.29, 0.717) is 4.68 Å². The molecule has 0 aliphatic rings. The van der Waals surface area contributed by atoms with Crippen LogP contribution in [0.1, 0.15) is 6.55 Å². The number of alkyl halides is 2. The van der Waals surface area contributed by atoms with Crippen LogP contribution in [0.4, 0.5) is 8.78 Å². The van der Waals surface area contributed by atoms with Crippen LogP contribution in [0.25, 0.3) is 0 Å². The highest BCUT2D eigenvalue weighted by Gasteiger charge is 2.05. The Hall–Kier alpha value is -1.13. The number of aromatic hydroxyl groups is 1. The van der Waals surface area contributed by atoms with E-state index in [-0.39, 0.29) is 0 Å². The molecule has 0 amide bonds. The summed E-state index contributed by atoms with van der Waals surface area (Å²) in [6.07, 6.45) is 1.00. The lowest BCUT2D eigenvalue weighted by atomic mass is 10.7. The third-order valence-electron chi connectivity index (χ3n) is 0.794. The molecule has 1 aromatic rings. The Balaban J connectivity index is 2.85. The molecule has 9 heavy (non-hydrogen) atoms. The standard InChI is InChI=1S/C4H4F2N2O/c5-4(6)8-2-1-3(9)7-8/h1-2,4H,(H,7,9). The van der Waals surface area contributed by atoms with E-state index in [9.17, 15) is 8.78 Å². The molecule has 0 aliphatic heterocycles. The third-order valence-corrected chi connectivity index (χ3v) is 0.794. The van der Waals surface area contributed by atoms with Gasteiger partial charge in [-0.05, 0) is 0 Å². The van der Waals surface area contributed by atoms with Crippen LogP contribution >= 0.6 is 0 Å². The van der Waals surface area contributed by atoms with Crippen molar-refractivity contribution in [3.05, 3.63) is 12.3 Å². The molecule has 0 spiro atoms. The molecule has 0 saturated heterocycles. The SMILES string of the molecule is Oc1ccn(C(F)F)n1. The van der Waals surface area contributed by atoms with Crippen molar-refractivity contribution in [2.75, 3.05) is 0 Å². The zero-order valence-electron chi connectivity index (χ0n) is 4.33. The van der Waals surface area contributed by atoms with Gasteiger partial charge in [-0.3, -0.25) is 0 Å². The van der Waals surface area contributed by atoms with Crippen LogP contribution in [-0.4, -0.2) is 14.9 Å². The Morgan fingerprint density at radius 3 is 2.56 bits per heavy atom. The zero-order valence-corrected chi connectivity index (χ0v) is 4.33. The van der Waals surface area contributed by atoms with E-state index in [0.717, 1.165) is 12.3 Å². The lowest BCUT2D eigenvalue weighted by Gasteiger charge is -1.93. The molecule has 50 valence electrons. The first-order valence-corrected chi connectivity index (χ1v) is 2.22. The first-order valence-electron chi connectivity index (χ1n) is 2.22. The third kappa shape index (κ3) is 1.16. The molecular formula is C4H4F2N2O. The van der Waals surface area contributed by atoms with Gasteiger partial charge in [-0.15, -0.1) is 5.10 Å². The fraction of sp³-hybridized carbons (Fsp3) is 0.250. The van der Waals surface area contributed by atoms with Gasteiger partial charge in [0.25, 0.3) is 0 Å². The Morgan fingerprint density at radius 1 is 1.67 bits per heavy atom. The summed E-state index contributed by atoms with van der Waals surface area (Å²) in [6.45, 7) is -2.68. The largest absolute Gasteiger partial charge is 0.492 e. The summed E-state index contributed by atoms with van der Waals surface area (Å²) in [5, 5.41) is 11.5. The van der Waals surface area contributed by atoms with E-state index in [1.54, 1.807) is 0 Å². The fourth-order valence-corrected chi connectivity index (χ4v) is 0.437. The van der Waals surface area contributed by atoms with Gasteiger partial charge in [0, 0.05) is 12.3 Å². The first kappa shape index (κ1) is 6.00. The number of hydrogen-bond donors (Lipinski definition) is 1. The molecule has 1 heterocycles. The quantitative estimate of drug-likeness (QED) is 0.621. The molecule has 0 unspecified atom stereocenters. The van der Waals surface area contributed by atoms with Gasteiger partial charge in [-0.1, -0.05) is 0 Å². The molecule has 0 fully saturated rings. The first-order chi connectivity index (χ1) is 4.20. The van der Waals surface area contributed by atoms with Crippen LogP contribution in [0.15, 0.2) is 12.3 Å². The van der Waals surface area contributed by atoms with E-state index in [1.165, 1.54) is 0 Å². The van der Waals surface area contributed by atoms with Gasteiger partial charge in [0.05, 0.1) is 0 Å². The molecule has 1 rings (SSSR count). The van der Waals surface area contributed by atoms with Crippen LogP contribution in [0.2, 0.25) is 0 Å². The van der Waals surface area contributed by atoms with Crippen LogP contribution in [-0.2, 0) is 0 Å². The van der Waals surface area contributed by atoms with Crippen molar-refractivity contribution in [3.8, 4) is 5.88 Å². The molecule has 0 aromatic carbocycles. The van der Waals surface area contributed by atoms with E-state index < -0.39 is 12.4 Å². The Bertz CT molecular complexity index is 198. The molecule has 0 saturated carbocycles. The molecule has 1 N–H and O–H groups in total. The number of halogens is 2. The fourth-order valence-electron chi connectivity index (χ4n) is 0.437. The lowest BCUT2D eigenvalue weighted by molar-refractivity contribution is 0.0554. The molecular weight excluding hydrogens is 130 g/mol. The maximum atomic E-state index is 11.6. The average Bonchev–Trinajstić information content (AvgIpc) is 2.14. The smallest absolute Gasteiger partial charge is 0.333 e. The summed E-state index contributed by atoms with van der Waals surface area (Å²) in [5.74, 6) is -0.393. The predicted octanol–water partition coefficient (Wildman–Crippen LogP) is 0.984. The molecule has 5 heteroatoms. The second-order valence-corrected chi connectivity index (χ2v) is 1.43. The Labute approximate surface area is 49.5 Å². The molecule has 3 nitrogen and oxygen atoms in total. The molecule has 0 radical (unpaired) electrons.